The van der Waals surface area contributed by atoms with E-state index in [9.17, 15) is 9.59 Å². The number of hydrogen-bond donors (Lipinski definition) is 0. The summed E-state index contributed by atoms with van der Waals surface area (Å²) in [5.74, 6) is 0.374. The summed E-state index contributed by atoms with van der Waals surface area (Å²) in [6.07, 6.45) is 5.69. The number of nitrogens with zero attached hydrogens (tertiary/aromatic N) is 2. The summed E-state index contributed by atoms with van der Waals surface area (Å²) < 4.78 is 5.14. The minimum absolute atomic E-state index is 0.135. The second kappa shape index (κ2) is 8.87. The number of carbonyl (C=O) groups excluding carboxylic acids is 2. The molecule has 0 unspecified atom stereocenters. The summed E-state index contributed by atoms with van der Waals surface area (Å²) in [7, 11) is 1.67. The molecule has 2 fully saturated rings. The molecule has 0 N–H and O–H groups in total. The maximum absolute atomic E-state index is 12.8. The SMILES string of the molecule is CCCc1ccc(C(=O)N2CCC3(CCC(=O)N(CCOC)C3)CC2)cc1. The van der Waals surface area contributed by atoms with Crippen molar-refractivity contribution >= 4 is 11.8 Å². The second-order valence-electron chi connectivity index (χ2n) is 8.05. The van der Waals surface area contributed by atoms with Crippen LogP contribution >= 0.6 is 0 Å². The molecule has 0 bridgehead atoms. The first-order chi connectivity index (χ1) is 13.1. The third kappa shape index (κ3) is 4.70. The first-order valence-electron chi connectivity index (χ1n) is 10.2. The lowest BCUT2D eigenvalue weighted by Gasteiger charge is -2.47. The van der Waals surface area contributed by atoms with Gasteiger partial charge in [-0.25, -0.2) is 0 Å². The Morgan fingerprint density at radius 2 is 1.85 bits per heavy atom. The van der Waals surface area contributed by atoms with Crippen LogP contribution in [-0.4, -0.2) is 61.5 Å². The molecule has 0 aliphatic carbocycles. The van der Waals surface area contributed by atoms with Gasteiger partial charge in [0.1, 0.15) is 0 Å². The summed E-state index contributed by atoms with van der Waals surface area (Å²) in [4.78, 5) is 28.9. The molecule has 0 atom stereocenters. The molecule has 148 valence electrons. The van der Waals surface area contributed by atoms with E-state index in [0.717, 1.165) is 57.3 Å². The highest BCUT2D eigenvalue weighted by Gasteiger charge is 2.41. The minimum atomic E-state index is 0.135. The van der Waals surface area contributed by atoms with E-state index in [4.69, 9.17) is 4.74 Å². The van der Waals surface area contributed by atoms with Crippen LogP contribution < -0.4 is 0 Å². The Morgan fingerprint density at radius 1 is 1.15 bits per heavy atom. The molecule has 1 aromatic carbocycles. The number of piperidine rings is 2. The highest BCUT2D eigenvalue weighted by molar-refractivity contribution is 5.94. The molecule has 1 spiro atoms. The lowest BCUT2D eigenvalue weighted by molar-refractivity contribution is -0.139. The largest absolute Gasteiger partial charge is 0.383 e. The molecule has 27 heavy (non-hydrogen) atoms. The van der Waals surface area contributed by atoms with Gasteiger partial charge in [-0.1, -0.05) is 25.5 Å². The fourth-order valence-corrected chi connectivity index (χ4v) is 4.39. The summed E-state index contributed by atoms with van der Waals surface area (Å²) in [6.45, 7) is 5.79. The normalized spacial score (nSPS) is 19.6. The van der Waals surface area contributed by atoms with Crippen molar-refractivity contribution in [3.05, 3.63) is 35.4 Å². The van der Waals surface area contributed by atoms with Crippen molar-refractivity contribution in [3.8, 4) is 0 Å². The van der Waals surface area contributed by atoms with E-state index in [-0.39, 0.29) is 17.2 Å². The first-order valence-corrected chi connectivity index (χ1v) is 10.2. The Balaban J connectivity index is 1.57. The minimum Gasteiger partial charge on any atom is -0.383 e. The lowest BCUT2D eigenvalue weighted by Crippen LogP contribution is -2.52. The number of rotatable bonds is 6. The van der Waals surface area contributed by atoms with E-state index in [1.165, 1.54) is 5.56 Å². The van der Waals surface area contributed by atoms with Crippen LogP contribution in [0.5, 0.6) is 0 Å². The predicted octanol–water partition coefficient (Wildman–Crippen LogP) is 3.13. The maximum Gasteiger partial charge on any atom is 0.253 e. The molecular formula is C22H32N2O3. The molecule has 0 radical (unpaired) electrons. The smallest absolute Gasteiger partial charge is 0.253 e. The van der Waals surface area contributed by atoms with Crippen LogP contribution in [0, 0.1) is 5.41 Å². The van der Waals surface area contributed by atoms with Crippen LogP contribution in [0.4, 0.5) is 0 Å². The van der Waals surface area contributed by atoms with E-state index in [1.807, 2.05) is 21.9 Å². The highest BCUT2D eigenvalue weighted by atomic mass is 16.5. The number of likely N-dealkylation sites (tertiary alicyclic amines) is 2. The van der Waals surface area contributed by atoms with Gasteiger partial charge >= 0.3 is 0 Å². The molecule has 2 heterocycles. The average molecular weight is 373 g/mol. The van der Waals surface area contributed by atoms with Crippen LogP contribution in [0.15, 0.2) is 24.3 Å². The van der Waals surface area contributed by atoms with Crippen LogP contribution in [0.2, 0.25) is 0 Å². The Bertz CT molecular complexity index is 648. The number of ether oxygens (including phenoxy) is 1. The standard InChI is InChI=1S/C22H32N2O3/c1-3-4-18-5-7-19(8-6-18)21(26)23-13-11-22(12-14-23)10-9-20(25)24(17-22)15-16-27-2/h5-8H,3-4,9-17H2,1-2H3. The topological polar surface area (TPSA) is 49.9 Å². The summed E-state index contributed by atoms with van der Waals surface area (Å²) >= 11 is 0. The van der Waals surface area contributed by atoms with Crippen molar-refractivity contribution in [2.45, 2.75) is 45.4 Å². The van der Waals surface area contributed by atoms with E-state index < -0.39 is 0 Å². The maximum atomic E-state index is 12.8. The van der Waals surface area contributed by atoms with E-state index in [0.29, 0.717) is 19.6 Å². The number of carbonyl (C=O) groups is 2. The van der Waals surface area contributed by atoms with Crippen molar-refractivity contribution in [3.63, 3.8) is 0 Å². The third-order valence-electron chi connectivity index (χ3n) is 6.16. The molecular weight excluding hydrogens is 340 g/mol. The van der Waals surface area contributed by atoms with Crippen LogP contribution in [0.1, 0.15) is 54.9 Å². The zero-order valence-electron chi connectivity index (χ0n) is 16.7. The third-order valence-corrected chi connectivity index (χ3v) is 6.16. The highest BCUT2D eigenvalue weighted by Crippen LogP contribution is 2.40. The summed E-state index contributed by atoms with van der Waals surface area (Å²) in [5.41, 5.74) is 2.24. The molecule has 5 heteroatoms. The Hall–Kier alpha value is -1.88. The van der Waals surface area contributed by atoms with Crippen molar-refractivity contribution in [2.75, 3.05) is 39.9 Å². The Labute approximate surface area is 162 Å². The van der Waals surface area contributed by atoms with Gasteiger partial charge in [-0.05, 0) is 48.8 Å². The number of methoxy groups -OCH3 is 1. The lowest BCUT2D eigenvalue weighted by atomic mass is 9.72. The fourth-order valence-electron chi connectivity index (χ4n) is 4.39. The van der Waals surface area contributed by atoms with Crippen LogP contribution in [0.3, 0.4) is 0 Å². The molecule has 5 nitrogen and oxygen atoms in total. The fraction of sp³-hybridized carbons (Fsp3) is 0.636. The summed E-state index contributed by atoms with van der Waals surface area (Å²) in [5, 5.41) is 0. The van der Waals surface area contributed by atoms with Gasteiger partial charge in [-0.3, -0.25) is 9.59 Å². The molecule has 3 rings (SSSR count). The van der Waals surface area contributed by atoms with E-state index in [2.05, 4.69) is 19.1 Å². The average Bonchev–Trinajstić information content (AvgIpc) is 2.70. The molecule has 2 aliphatic heterocycles. The Kier molecular flexibility index (Phi) is 6.53. The van der Waals surface area contributed by atoms with Gasteiger partial charge < -0.3 is 14.5 Å². The summed E-state index contributed by atoms with van der Waals surface area (Å²) in [6, 6.07) is 8.07. The second-order valence-corrected chi connectivity index (χ2v) is 8.05. The van der Waals surface area contributed by atoms with Gasteiger partial charge in [0.15, 0.2) is 0 Å². The molecule has 2 aliphatic rings. The number of aryl methyl sites for hydroxylation is 1. The van der Waals surface area contributed by atoms with Gasteiger partial charge in [0.25, 0.3) is 5.91 Å². The quantitative estimate of drug-likeness (QED) is 0.771. The zero-order valence-corrected chi connectivity index (χ0v) is 16.7. The number of benzene rings is 1. The number of amides is 2. The monoisotopic (exact) mass is 372 g/mol. The van der Waals surface area contributed by atoms with Crippen molar-refractivity contribution in [1.29, 1.82) is 0 Å². The van der Waals surface area contributed by atoms with Crippen molar-refractivity contribution in [2.24, 2.45) is 5.41 Å². The van der Waals surface area contributed by atoms with Crippen LogP contribution in [-0.2, 0) is 16.0 Å². The van der Waals surface area contributed by atoms with Gasteiger partial charge in [-0.2, -0.15) is 0 Å². The van der Waals surface area contributed by atoms with E-state index >= 15 is 0 Å². The molecule has 2 saturated heterocycles. The Morgan fingerprint density at radius 3 is 2.48 bits per heavy atom. The van der Waals surface area contributed by atoms with Gasteiger partial charge in [0, 0.05) is 45.3 Å². The van der Waals surface area contributed by atoms with Gasteiger partial charge in [0.05, 0.1) is 6.61 Å². The number of hydrogen-bond acceptors (Lipinski definition) is 3. The van der Waals surface area contributed by atoms with Crippen molar-refractivity contribution < 1.29 is 14.3 Å². The predicted molar refractivity (Wildman–Crippen MR) is 106 cm³/mol. The first kappa shape index (κ1) is 19.9. The molecule has 1 aromatic rings. The van der Waals surface area contributed by atoms with Crippen molar-refractivity contribution in [1.82, 2.24) is 9.80 Å². The molecule has 0 aromatic heterocycles. The van der Waals surface area contributed by atoms with Gasteiger partial charge in [0.2, 0.25) is 5.91 Å². The molecule has 0 saturated carbocycles. The van der Waals surface area contributed by atoms with E-state index in [1.54, 1.807) is 7.11 Å². The molecule has 2 amide bonds. The van der Waals surface area contributed by atoms with Gasteiger partial charge in [-0.15, -0.1) is 0 Å². The zero-order chi connectivity index (χ0) is 19.3. The van der Waals surface area contributed by atoms with Crippen LogP contribution in [0.25, 0.3) is 0 Å².